The van der Waals surface area contributed by atoms with Crippen molar-refractivity contribution in [2.45, 2.75) is 32.8 Å². The van der Waals surface area contributed by atoms with Crippen LogP contribution in [0.5, 0.6) is 5.75 Å². The number of nitrogens with zero attached hydrogens (tertiary/aromatic N) is 1. The van der Waals surface area contributed by atoms with E-state index in [1.54, 1.807) is 49.5 Å². The number of carbonyl (C=O) groups is 1. The number of hydrogen-bond acceptors (Lipinski definition) is 7. The Morgan fingerprint density at radius 1 is 1.21 bits per heavy atom. The highest BCUT2D eigenvalue weighted by molar-refractivity contribution is 6.01. The van der Waals surface area contributed by atoms with Crippen molar-refractivity contribution in [3.8, 4) is 17.1 Å². The van der Waals surface area contributed by atoms with Gasteiger partial charge in [-0.05, 0) is 48.7 Å². The van der Waals surface area contributed by atoms with Crippen molar-refractivity contribution < 1.29 is 14.6 Å². The zero-order chi connectivity index (χ0) is 24.8. The number of rotatable bonds is 10. The van der Waals surface area contributed by atoms with Gasteiger partial charge in [-0.25, -0.2) is 4.98 Å². The van der Waals surface area contributed by atoms with Crippen molar-refractivity contribution in [1.29, 1.82) is 5.41 Å². The maximum Gasteiger partial charge on any atom is 0.275 e. The van der Waals surface area contributed by atoms with Gasteiger partial charge in [0.1, 0.15) is 29.1 Å². The molecule has 0 aliphatic heterocycles. The van der Waals surface area contributed by atoms with E-state index in [1.807, 2.05) is 13.8 Å². The number of carbonyl (C=O) groups excluding carboxylic acids is 1. The lowest BCUT2D eigenvalue weighted by atomic mass is 9.98. The number of aliphatic hydroxyl groups excluding tert-OH is 1. The molecule has 0 saturated heterocycles. The first-order valence-electron chi connectivity index (χ1n) is 11.0. The first-order valence-corrected chi connectivity index (χ1v) is 11.0. The van der Waals surface area contributed by atoms with Crippen LogP contribution in [0.1, 0.15) is 60.0 Å². The molecule has 0 saturated carbocycles. The highest BCUT2D eigenvalue weighted by atomic mass is 16.5. The summed E-state index contributed by atoms with van der Waals surface area (Å²) in [5, 5.41) is 22.2. The summed E-state index contributed by atoms with van der Waals surface area (Å²) in [5.41, 5.74) is 7.58. The Labute approximate surface area is 197 Å². The summed E-state index contributed by atoms with van der Waals surface area (Å²) < 4.78 is 5.75. The minimum absolute atomic E-state index is 0.228. The van der Waals surface area contributed by atoms with Gasteiger partial charge in [0.25, 0.3) is 5.56 Å². The smallest absolute Gasteiger partial charge is 0.275 e. The van der Waals surface area contributed by atoms with Gasteiger partial charge < -0.3 is 31.3 Å². The number of nitrogens with one attached hydrogen (secondary N) is 3. The molecule has 1 atom stereocenters. The number of benzene rings is 2. The van der Waals surface area contributed by atoms with Gasteiger partial charge >= 0.3 is 0 Å². The van der Waals surface area contributed by atoms with Crippen molar-refractivity contribution >= 4 is 17.3 Å². The molecule has 2 aromatic carbocycles. The molecule has 178 valence electrons. The van der Waals surface area contributed by atoms with Gasteiger partial charge in [0.05, 0.1) is 17.9 Å². The molecule has 0 spiro atoms. The quantitative estimate of drug-likeness (QED) is 0.291. The predicted molar refractivity (Wildman–Crippen MR) is 132 cm³/mol. The van der Waals surface area contributed by atoms with E-state index >= 15 is 0 Å². The molecule has 3 aromatic rings. The van der Waals surface area contributed by atoms with E-state index in [0.717, 1.165) is 6.42 Å². The Hall–Kier alpha value is -3.98. The van der Waals surface area contributed by atoms with Crippen molar-refractivity contribution in [1.82, 2.24) is 9.97 Å². The molecule has 9 nitrogen and oxygen atoms in total. The molecule has 1 unspecified atom stereocenters. The number of aliphatic hydroxyl groups is 1. The maximum absolute atomic E-state index is 12.8. The van der Waals surface area contributed by atoms with E-state index < -0.39 is 17.6 Å². The summed E-state index contributed by atoms with van der Waals surface area (Å²) in [7, 11) is 1.61. The molecule has 0 radical (unpaired) electrons. The van der Waals surface area contributed by atoms with Crippen LogP contribution in [-0.4, -0.2) is 40.3 Å². The molecule has 1 amide bonds. The van der Waals surface area contributed by atoms with Crippen LogP contribution in [0.15, 0.2) is 47.3 Å². The van der Waals surface area contributed by atoms with Crippen LogP contribution in [0, 0.1) is 5.41 Å². The Balaban J connectivity index is 2.12. The van der Waals surface area contributed by atoms with E-state index in [0.29, 0.717) is 41.0 Å². The van der Waals surface area contributed by atoms with Gasteiger partial charge in [0, 0.05) is 12.6 Å². The monoisotopic (exact) mass is 463 g/mol. The van der Waals surface area contributed by atoms with Crippen molar-refractivity contribution in [3.05, 3.63) is 75.2 Å². The molecule has 0 aliphatic rings. The SMILES string of the molecule is CCCC(=N)c1nc(-c2cc(C(O)c3ccc(C(N)=O)cc3)ccc2OCC)[nH]c(=O)c1NC. The fourth-order valence-corrected chi connectivity index (χ4v) is 3.63. The van der Waals surface area contributed by atoms with E-state index in [4.69, 9.17) is 15.9 Å². The van der Waals surface area contributed by atoms with Crippen LogP contribution >= 0.6 is 0 Å². The fraction of sp³-hybridized carbons (Fsp3) is 0.280. The number of primary amides is 1. The number of hydrogen-bond donors (Lipinski definition) is 5. The standard InChI is InChI=1S/C25H29N5O4/c1-4-6-18(26)20-21(28-3)25(33)30-24(29-20)17-13-16(11-12-19(17)34-5-2)22(31)14-7-9-15(10-8-14)23(27)32/h7-13,22,26,28,31H,4-6H2,1-3H3,(H2,27,32)(H,29,30,33). The Kier molecular flexibility index (Phi) is 7.80. The summed E-state index contributed by atoms with van der Waals surface area (Å²) in [4.78, 5) is 31.5. The molecular formula is C25H29N5O4. The minimum atomic E-state index is -1.00. The van der Waals surface area contributed by atoms with Gasteiger partial charge in [0.2, 0.25) is 5.91 Å². The fourth-order valence-electron chi connectivity index (χ4n) is 3.63. The van der Waals surface area contributed by atoms with Crippen molar-refractivity contribution in [2.24, 2.45) is 5.73 Å². The average Bonchev–Trinajstić information content (AvgIpc) is 2.83. The highest BCUT2D eigenvalue weighted by Crippen LogP contribution is 2.33. The molecular weight excluding hydrogens is 434 g/mol. The van der Waals surface area contributed by atoms with Crippen LogP contribution in [0.25, 0.3) is 11.4 Å². The lowest BCUT2D eigenvalue weighted by molar-refractivity contribution is 0.1000. The number of ether oxygens (including phenoxy) is 1. The number of amides is 1. The number of aromatic nitrogens is 2. The lowest BCUT2D eigenvalue weighted by Crippen LogP contribution is -2.20. The number of nitrogens with two attached hydrogens (primary N) is 1. The van der Waals surface area contributed by atoms with Crippen molar-refractivity contribution in [2.75, 3.05) is 19.0 Å². The van der Waals surface area contributed by atoms with E-state index in [9.17, 15) is 14.7 Å². The van der Waals surface area contributed by atoms with E-state index in [-0.39, 0.29) is 22.9 Å². The first kappa shape index (κ1) is 24.7. The second-order valence-corrected chi connectivity index (χ2v) is 7.69. The first-order chi connectivity index (χ1) is 16.3. The average molecular weight is 464 g/mol. The molecule has 1 aromatic heterocycles. The van der Waals surface area contributed by atoms with Gasteiger partial charge in [-0.3, -0.25) is 9.59 Å². The summed E-state index contributed by atoms with van der Waals surface area (Å²) in [6, 6.07) is 11.5. The third kappa shape index (κ3) is 5.15. The molecule has 0 fully saturated rings. The van der Waals surface area contributed by atoms with E-state index in [1.165, 1.54) is 0 Å². The second kappa shape index (κ2) is 10.8. The van der Waals surface area contributed by atoms with E-state index in [2.05, 4.69) is 15.3 Å². The molecule has 3 rings (SSSR count). The third-order valence-electron chi connectivity index (χ3n) is 5.34. The third-order valence-corrected chi connectivity index (χ3v) is 5.34. The van der Waals surface area contributed by atoms with Gasteiger partial charge in [-0.1, -0.05) is 31.5 Å². The zero-order valence-electron chi connectivity index (χ0n) is 19.4. The molecule has 0 aliphatic carbocycles. The summed E-state index contributed by atoms with van der Waals surface area (Å²) in [5.74, 6) is 0.172. The van der Waals surface area contributed by atoms with Gasteiger partial charge in [-0.15, -0.1) is 0 Å². The predicted octanol–water partition coefficient (Wildman–Crippen LogP) is 3.23. The summed E-state index contributed by atoms with van der Waals surface area (Å²) >= 11 is 0. The van der Waals surface area contributed by atoms with Crippen molar-refractivity contribution in [3.63, 3.8) is 0 Å². The van der Waals surface area contributed by atoms with Crippen LogP contribution in [0.4, 0.5) is 5.69 Å². The number of H-pyrrole nitrogens is 1. The van der Waals surface area contributed by atoms with Gasteiger partial charge in [-0.2, -0.15) is 0 Å². The number of aromatic amines is 1. The number of anilines is 1. The normalized spacial score (nSPS) is 11.6. The minimum Gasteiger partial charge on any atom is -0.493 e. The Morgan fingerprint density at radius 3 is 2.47 bits per heavy atom. The van der Waals surface area contributed by atoms with Crippen LogP contribution < -0.4 is 21.3 Å². The van der Waals surface area contributed by atoms with Crippen LogP contribution in [0.2, 0.25) is 0 Å². The zero-order valence-corrected chi connectivity index (χ0v) is 19.4. The molecule has 0 bridgehead atoms. The van der Waals surface area contributed by atoms with Gasteiger partial charge in [0.15, 0.2) is 0 Å². The summed E-state index contributed by atoms with van der Waals surface area (Å²) in [6.45, 7) is 4.19. The molecule has 34 heavy (non-hydrogen) atoms. The van der Waals surface area contributed by atoms with Crippen LogP contribution in [0.3, 0.4) is 0 Å². The Morgan fingerprint density at radius 2 is 1.88 bits per heavy atom. The Bertz CT molecular complexity index is 1250. The second-order valence-electron chi connectivity index (χ2n) is 7.69. The highest BCUT2D eigenvalue weighted by Gasteiger charge is 2.20. The molecule has 6 N–H and O–H groups in total. The molecule has 1 heterocycles. The topological polar surface area (TPSA) is 154 Å². The largest absolute Gasteiger partial charge is 0.493 e. The maximum atomic E-state index is 12.8. The molecule has 9 heteroatoms. The summed E-state index contributed by atoms with van der Waals surface area (Å²) in [6.07, 6.45) is 0.215. The lowest BCUT2D eigenvalue weighted by Gasteiger charge is -2.17. The van der Waals surface area contributed by atoms with Crippen LogP contribution in [-0.2, 0) is 0 Å².